The second kappa shape index (κ2) is 5.51. The predicted octanol–water partition coefficient (Wildman–Crippen LogP) is 1.05. The number of nitro groups is 1. The number of primary amides is 1. The molecule has 8 nitrogen and oxygen atoms in total. The molecule has 0 saturated carbocycles. The third kappa shape index (κ3) is 2.90. The van der Waals surface area contributed by atoms with Gasteiger partial charge in [0.15, 0.2) is 0 Å². The number of hydrogen-bond donors (Lipinski definition) is 1. The average Bonchev–Trinajstić information content (AvgIpc) is 2.84. The van der Waals surface area contributed by atoms with Crippen LogP contribution in [0.2, 0.25) is 0 Å². The first-order chi connectivity index (χ1) is 9.09. The number of nitrogens with two attached hydrogens (primary N) is 1. The van der Waals surface area contributed by atoms with Crippen LogP contribution in [-0.4, -0.2) is 35.2 Å². The Morgan fingerprint density at radius 1 is 1.68 bits per heavy atom. The highest BCUT2D eigenvalue weighted by Crippen LogP contribution is 2.32. The molecule has 1 fully saturated rings. The number of amides is 1. The molecule has 1 aliphatic rings. The Morgan fingerprint density at radius 2 is 2.47 bits per heavy atom. The van der Waals surface area contributed by atoms with E-state index < -0.39 is 11.0 Å². The Hall–Kier alpha value is -2.38. The molecule has 8 heteroatoms. The second-order valence-electron chi connectivity index (χ2n) is 4.24. The van der Waals surface area contributed by atoms with Gasteiger partial charge in [-0.25, -0.2) is 4.79 Å². The maximum Gasteiger partial charge on any atom is 0.404 e. The Morgan fingerprint density at radius 3 is 3.16 bits per heavy atom. The zero-order chi connectivity index (χ0) is 13.8. The van der Waals surface area contributed by atoms with Crippen LogP contribution >= 0.6 is 0 Å². The highest BCUT2D eigenvalue weighted by Gasteiger charge is 2.30. The highest BCUT2D eigenvalue weighted by molar-refractivity contribution is 5.65. The average molecular weight is 266 g/mol. The summed E-state index contributed by atoms with van der Waals surface area (Å²) in [7, 11) is 0. The zero-order valence-corrected chi connectivity index (χ0v) is 10.2. The van der Waals surface area contributed by atoms with Crippen molar-refractivity contribution in [2.24, 2.45) is 5.73 Å². The maximum atomic E-state index is 11.0. The van der Waals surface area contributed by atoms with E-state index in [4.69, 9.17) is 10.5 Å². The molecule has 1 atom stereocenters. The standard InChI is InChI=1S/C11H14N4O4/c12-11(16)19-7-8-2-1-5-14(8)9-3-4-13-6-10(9)15(17)18/h3-4,6,8H,1-2,5,7H2,(H2,12,16). The fourth-order valence-electron chi connectivity index (χ4n) is 2.27. The van der Waals surface area contributed by atoms with E-state index in [0.717, 1.165) is 12.8 Å². The second-order valence-corrected chi connectivity index (χ2v) is 4.24. The molecule has 1 aliphatic heterocycles. The van der Waals surface area contributed by atoms with Crippen LogP contribution in [0.3, 0.4) is 0 Å². The van der Waals surface area contributed by atoms with Crippen LogP contribution in [0.4, 0.5) is 16.2 Å². The molecule has 1 amide bonds. The molecule has 0 radical (unpaired) electrons. The Bertz CT molecular complexity index is 493. The molecule has 1 unspecified atom stereocenters. The quantitative estimate of drug-likeness (QED) is 0.644. The van der Waals surface area contributed by atoms with Crippen LogP contribution in [0.25, 0.3) is 0 Å². The number of carbonyl (C=O) groups excluding carboxylic acids is 1. The SMILES string of the molecule is NC(=O)OCC1CCCN1c1ccncc1[N+](=O)[O-]. The van der Waals surface area contributed by atoms with Crippen molar-refractivity contribution in [1.29, 1.82) is 0 Å². The van der Waals surface area contributed by atoms with Crippen molar-refractivity contribution >= 4 is 17.5 Å². The lowest BCUT2D eigenvalue weighted by Crippen LogP contribution is -2.35. The van der Waals surface area contributed by atoms with Gasteiger partial charge in [0.1, 0.15) is 18.5 Å². The molecule has 2 N–H and O–H groups in total. The van der Waals surface area contributed by atoms with Gasteiger partial charge in [-0.15, -0.1) is 0 Å². The van der Waals surface area contributed by atoms with Crippen LogP contribution in [0.15, 0.2) is 18.5 Å². The van der Waals surface area contributed by atoms with Crippen molar-refractivity contribution in [3.8, 4) is 0 Å². The van der Waals surface area contributed by atoms with E-state index in [2.05, 4.69) is 4.98 Å². The summed E-state index contributed by atoms with van der Waals surface area (Å²) in [5.41, 5.74) is 5.38. The van der Waals surface area contributed by atoms with E-state index in [0.29, 0.717) is 12.2 Å². The van der Waals surface area contributed by atoms with E-state index in [-0.39, 0.29) is 18.3 Å². The van der Waals surface area contributed by atoms with Gasteiger partial charge in [-0.3, -0.25) is 15.1 Å². The number of carbonyl (C=O) groups is 1. The molecule has 2 rings (SSSR count). The minimum absolute atomic E-state index is 0.0477. The molecule has 1 saturated heterocycles. The molecular weight excluding hydrogens is 252 g/mol. The third-order valence-electron chi connectivity index (χ3n) is 3.08. The van der Waals surface area contributed by atoms with Gasteiger partial charge in [-0.05, 0) is 18.9 Å². The van der Waals surface area contributed by atoms with Gasteiger partial charge < -0.3 is 15.4 Å². The normalized spacial score (nSPS) is 18.3. The van der Waals surface area contributed by atoms with Gasteiger partial charge >= 0.3 is 11.8 Å². The van der Waals surface area contributed by atoms with Crippen molar-refractivity contribution in [3.05, 3.63) is 28.6 Å². The van der Waals surface area contributed by atoms with E-state index in [1.165, 1.54) is 12.4 Å². The fraction of sp³-hybridized carbons (Fsp3) is 0.455. The largest absolute Gasteiger partial charge is 0.448 e. The maximum absolute atomic E-state index is 11.0. The smallest absolute Gasteiger partial charge is 0.404 e. The first-order valence-corrected chi connectivity index (χ1v) is 5.87. The lowest BCUT2D eigenvalue weighted by atomic mass is 10.2. The molecule has 0 spiro atoms. The Kier molecular flexibility index (Phi) is 3.79. The van der Waals surface area contributed by atoms with Crippen LogP contribution in [-0.2, 0) is 4.74 Å². The van der Waals surface area contributed by atoms with E-state index in [1.807, 2.05) is 4.90 Å². The van der Waals surface area contributed by atoms with Gasteiger partial charge in [-0.1, -0.05) is 0 Å². The van der Waals surface area contributed by atoms with Gasteiger partial charge in [0.2, 0.25) is 0 Å². The summed E-state index contributed by atoms with van der Waals surface area (Å²) < 4.78 is 4.79. The molecule has 2 heterocycles. The van der Waals surface area contributed by atoms with Crippen molar-refractivity contribution in [3.63, 3.8) is 0 Å². The lowest BCUT2D eigenvalue weighted by molar-refractivity contribution is -0.384. The molecule has 102 valence electrons. The van der Waals surface area contributed by atoms with Crippen LogP contribution in [0.1, 0.15) is 12.8 Å². The van der Waals surface area contributed by atoms with Crippen molar-refractivity contribution in [2.45, 2.75) is 18.9 Å². The minimum atomic E-state index is -0.837. The van der Waals surface area contributed by atoms with Crippen molar-refractivity contribution in [1.82, 2.24) is 4.98 Å². The van der Waals surface area contributed by atoms with Gasteiger partial charge in [0.25, 0.3) is 0 Å². The number of rotatable bonds is 4. The summed E-state index contributed by atoms with van der Waals surface area (Å²) in [6.45, 7) is 0.812. The number of pyridine rings is 1. The summed E-state index contributed by atoms with van der Waals surface area (Å²) in [6.07, 6.45) is 3.57. The zero-order valence-electron chi connectivity index (χ0n) is 10.2. The molecule has 0 aliphatic carbocycles. The van der Waals surface area contributed by atoms with Crippen molar-refractivity contribution in [2.75, 3.05) is 18.1 Å². The third-order valence-corrected chi connectivity index (χ3v) is 3.08. The number of hydrogen-bond acceptors (Lipinski definition) is 6. The summed E-state index contributed by atoms with van der Waals surface area (Å²) in [5, 5.41) is 11.0. The summed E-state index contributed by atoms with van der Waals surface area (Å²) >= 11 is 0. The number of anilines is 1. The topological polar surface area (TPSA) is 112 Å². The first-order valence-electron chi connectivity index (χ1n) is 5.87. The predicted molar refractivity (Wildman–Crippen MR) is 66.8 cm³/mol. The molecule has 1 aromatic rings. The monoisotopic (exact) mass is 266 g/mol. The van der Waals surface area contributed by atoms with E-state index in [9.17, 15) is 14.9 Å². The van der Waals surface area contributed by atoms with Crippen LogP contribution in [0, 0.1) is 10.1 Å². The fourth-order valence-corrected chi connectivity index (χ4v) is 2.27. The molecule has 0 bridgehead atoms. The number of aromatic nitrogens is 1. The number of nitrogens with zero attached hydrogens (tertiary/aromatic N) is 3. The summed E-state index contributed by atoms with van der Waals surface area (Å²) in [5.74, 6) is 0. The van der Waals surface area contributed by atoms with E-state index in [1.54, 1.807) is 6.07 Å². The number of ether oxygens (including phenoxy) is 1. The minimum Gasteiger partial charge on any atom is -0.448 e. The first kappa shape index (κ1) is 13.1. The summed E-state index contributed by atoms with van der Waals surface area (Å²) in [4.78, 5) is 26.8. The van der Waals surface area contributed by atoms with Gasteiger partial charge in [0, 0.05) is 12.7 Å². The van der Waals surface area contributed by atoms with Crippen molar-refractivity contribution < 1.29 is 14.5 Å². The van der Waals surface area contributed by atoms with Crippen LogP contribution < -0.4 is 10.6 Å². The lowest BCUT2D eigenvalue weighted by Gasteiger charge is -2.25. The Balaban J connectivity index is 2.20. The molecular formula is C11H14N4O4. The highest BCUT2D eigenvalue weighted by atomic mass is 16.6. The summed E-state index contributed by atoms with van der Waals surface area (Å²) in [6, 6.07) is 1.51. The van der Waals surface area contributed by atoms with Gasteiger partial charge in [0.05, 0.1) is 11.0 Å². The Labute approximate surface area is 109 Å². The van der Waals surface area contributed by atoms with E-state index >= 15 is 0 Å². The van der Waals surface area contributed by atoms with Crippen LogP contribution in [0.5, 0.6) is 0 Å². The van der Waals surface area contributed by atoms with Gasteiger partial charge in [-0.2, -0.15) is 0 Å². The molecule has 1 aromatic heterocycles. The molecule has 19 heavy (non-hydrogen) atoms. The molecule has 0 aromatic carbocycles.